The second-order valence-electron chi connectivity index (χ2n) is 6.84. The minimum atomic E-state index is -0.169. The number of benzene rings is 1. The second-order valence-corrected chi connectivity index (χ2v) is 6.84. The lowest BCUT2D eigenvalue weighted by molar-refractivity contribution is 0.126. The molecule has 4 rings (SSSR count). The number of nitrogens with zero attached hydrogens (tertiary/aromatic N) is 3. The normalized spacial score (nSPS) is 19.4. The summed E-state index contributed by atoms with van der Waals surface area (Å²) in [6, 6.07) is 16.0. The highest BCUT2D eigenvalue weighted by Crippen LogP contribution is 2.26. The third kappa shape index (κ3) is 4.60. The van der Waals surface area contributed by atoms with E-state index in [-0.39, 0.29) is 6.10 Å². The van der Waals surface area contributed by atoms with Crippen LogP contribution in [0.3, 0.4) is 0 Å². The predicted molar refractivity (Wildman–Crippen MR) is 107 cm³/mol. The molecule has 138 valence electrons. The van der Waals surface area contributed by atoms with Crippen molar-refractivity contribution < 1.29 is 5.11 Å². The summed E-state index contributed by atoms with van der Waals surface area (Å²) < 4.78 is 0. The van der Waals surface area contributed by atoms with Crippen LogP contribution in [0.25, 0.3) is 11.4 Å². The lowest BCUT2D eigenvalue weighted by atomic mass is 9.93. The van der Waals surface area contributed by atoms with Crippen molar-refractivity contribution in [3.63, 3.8) is 0 Å². The topological polar surface area (TPSA) is 83.0 Å². The van der Waals surface area contributed by atoms with Gasteiger partial charge in [-0.2, -0.15) is 0 Å². The van der Waals surface area contributed by atoms with Crippen molar-refractivity contribution in [2.45, 2.75) is 37.8 Å². The summed E-state index contributed by atoms with van der Waals surface area (Å²) in [6.45, 7) is 0. The van der Waals surface area contributed by atoms with Crippen molar-refractivity contribution in [1.82, 2.24) is 15.0 Å². The lowest BCUT2D eigenvalue weighted by Crippen LogP contribution is -2.28. The van der Waals surface area contributed by atoms with Gasteiger partial charge >= 0.3 is 0 Å². The van der Waals surface area contributed by atoms with E-state index in [0.29, 0.717) is 11.9 Å². The Hall–Kier alpha value is -2.99. The Labute approximate surface area is 158 Å². The van der Waals surface area contributed by atoms with E-state index in [1.807, 2.05) is 48.5 Å². The van der Waals surface area contributed by atoms with Gasteiger partial charge in [-0.25, -0.2) is 9.97 Å². The highest BCUT2D eigenvalue weighted by Gasteiger charge is 2.20. The van der Waals surface area contributed by atoms with Gasteiger partial charge in [0.2, 0.25) is 0 Å². The number of aliphatic hydroxyl groups is 1. The molecule has 2 aromatic heterocycles. The summed E-state index contributed by atoms with van der Waals surface area (Å²) in [5.41, 5.74) is 1.90. The molecular formula is C21H23N5O. The average Bonchev–Trinajstić information content (AvgIpc) is 2.71. The summed E-state index contributed by atoms with van der Waals surface area (Å²) in [6.07, 6.45) is 6.87. The van der Waals surface area contributed by atoms with Crippen molar-refractivity contribution >= 4 is 17.3 Å². The first-order valence-electron chi connectivity index (χ1n) is 9.32. The summed E-state index contributed by atoms with van der Waals surface area (Å²) in [4.78, 5) is 13.5. The maximum absolute atomic E-state index is 9.73. The fraction of sp³-hybridized carbons (Fsp3) is 0.286. The van der Waals surface area contributed by atoms with E-state index in [9.17, 15) is 5.11 Å². The Morgan fingerprint density at radius 1 is 0.852 bits per heavy atom. The molecule has 1 fully saturated rings. The summed E-state index contributed by atoms with van der Waals surface area (Å²) in [7, 11) is 0. The van der Waals surface area contributed by atoms with E-state index in [1.54, 1.807) is 12.4 Å². The zero-order valence-corrected chi connectivity index (χ0v) is 15.0. The maximum Gasteiger partial charge on any atom is 0.163 e. The summed E-state index contributed by atoms with van der Waals surface area (Å²) >= 11 is 0. The molecule has 0 bridgehead atoms. The second kappa shape index (κ2) is 8.14. The van der Waals surface area contributed by atoms with E-state index in [0.717, 1.165) is 48.6 Å². The third-order valence-electron chi connectivity index (χ3n) is 4.76. The predicted octanol–water partition coefficient (Wildman–Crippen LogP) is 4.00. The molecule has 3 N–H and O–H groups in total. The molecule has 1 aliphatic rings. The standard InChI is InChI=1S/C21H23N5O/c27-18-8-6-16(7-9-18)23-19-14-20(24-17-10-12-22-13-11-17)26-21(25-19)15-4-2-1-3-5-15/h1-5,10-14,16,18,27H,6-9H2,(H2,22,23,24,25,26). The molecule has 2 heterocycles. The Balaban J connectivity index is 1.62. The Morgan fingerprint density at radius 2 is 1.56 bits per heavy atom. The molecule has 6 nitrogen and oxygen atoms in total. The van der Waals surface area contributed by atoms with Gasteiger partial charge < -0.3 is 15.7 Å². The number of rotatable bonds is 5. The monoisotopic (exact) mass is 361 g/mol. The van der Waals surface area contributed by atoms with Crippen LogP contribution in [-0.2, 0) is 0 Å². The molecule has 1 saturated carbocycles. The van der Waals surface area contributed by atoms with Crippen LogP contribution in [0.1, 0.15) is 25.7 Å². The highest BCUT2D eigenvalue weighted by atomic mass is 16.3. The Morgan fingerprint density at radius 3 is 2.30 bits per heavy atom. The molecule has 0 amide bonds. The van der Waals surface area contributed by atoms with Crippen LogP contribution in [0.15, 0.2) is 60.9 Å². The molecule has 27 heavy (non-hydrogen) atoms. The van der Waals surface area contributed by atoms with Crippen molar-refractivity contribution in [3.8, 4) is 11.4 Å². The molecule has 0 spiro atoms. The molecule has 0 aliphatic heterocycles. The number of pyridine rings is 1. The van der Waals surface area contributed by atoms with Crippen LogP contribution in [-0.4, -0.2) is 32.2 Å². The van der Waals surface area contributed by atoms with Crippen molar-refractivity contribution in [1.29, 1.82) is 0 Å². The Bertz CT molecular complexity index is 864. The van der Waals surface area contributed by atoms with Crippen LogP contribution in [0.2, 0.25) is 0 Å². The highest BCUT2D eigenvalue weighted by molar-refractivity contribution is 5.65. The number of hydrogen-bond donors (Lipinski definition) is 3. The summed E-state index contributed by atoms with van der Waals surface area (Å²) in [5.74, 6) is 2.20. The van der Waals surface area contributed by atoms with Crippen molar-refractivity contribution in [3.05, 3.63) is 60.9 Å². The maximum atomic E-state index is 9.73. The molecule has 1 aromatic carbocycles. The van der Waals surface area contributed by atoms with Crippen LogP contribution in [0.4, 0.5) is 17.3 Å². The number of hydrogen-bond acceptors (Lipinski definition) is 6. The molecule has 1 aliphatic carbocycles. The van der Waals surface area contributed by atoms with Crippen LogP contribution in [0.5, 0.6) is 0 Å². The lowest BCUT2D eigenvalue weighted by Gasteiger charge is -2.26. The van der Waals surface area contributed by atoms with Gasteiger partial charge in [-0.05, 0) is 37.8 Å². The SMILES string of the molecule is OC1CCC(Nc2cc(Nc3ccncc3)nc(-c3ccccc3)n2)CC1. The minimum absolute atomic E-state index is 0.169. The van der Waals surface area contributed by atoms with Gasteiger partial charge in [0, 0.05) is 35.8 Å². The van der Waals surface area contributed by atoms with E-state index in [2.05, 4.69) is 20.6 Å². The van der Waals surface area contributed by atoms with Gasteiger partial charge in [0.1, 0.15) is 11.6 Å². The molecule has 0 unspecified atom stereocenters. The van der Waals surface area contributed by atoms with E-state index >= 15 is 0 Å². The number of aliphatic hydroxyl groups excluding tert-OH is 1. The van der Waals surface area contributed by atoms with E-state index < -0.39 is 0 Å². The summed E-state index contributed by atoms with van der Waals surface area (Å²) in [5, 5.41) is 16.6. The third-order valence-corrected chi connectivity index (χ3v) is 4.76. The Kier molecular flexibility index (Phi) is 5.25. The van der Waals surface area contributed by atoms with Gasteiger partial charge in [-0.1, -0.05) is 30.3 Å². The van der Waals surface area contributed by atoms with Gasteiger partial charge in [0.05, 0.1) is 6.10 Å². The molecule has 6 heteroatoms. The first-order chi connectivity index (χ1) is 13.3. The average molecular weight is 361 g/mol. The van der Waals surface area contributed by atoms with Gasteiger partial charge in [0.25, 0.3) is 0 Å². The molecular weight excluding hydrogens is 338 g/mol. The first kappa shape index (κ1) is 17.4. The zero-order valence-electron chi connectivity index (χ0n) is 15.0. The number of nitrogens with one attached hydrogen (secondary N) is 2. The van der Waals surface area contributed by atoms with E-state index in [4.69, 9.17) is 4.98 Å². The molecule has 0 atom stereocenters. The molecule has 0 saturated heterocycles. The fourth-order valence-corrected chi connectivity index (χ4v) is 3.31. The largest absolute Gasteiger partial charge is 0.393 e. The van der Waals surface area contributed by atoms with E-state index in [1.165, 1.54) is 0 Å². The van der Waals surface area contributed by atoms with Gasteiger partial charge in [0.15, 0.2) is 5.82 Å². The first-order valence-corrected chi connectivity index (χ1v) is 9.32. The minimum Gasteiger partial charge on any atom is -0.393 e. The molecule has 0 radical (unpaired) electrons. The number of aromatic nitrogens is 3. The van der Waals surface area contributed by atoms with Gasteiger partial charge in [-0.15, -0.1) is 0 Å². The quantitative estimate of drug-likeness (QED) is 0.637. The van der Waals surface area contributed by atoms with Gasteiger partial charge in [-0.3, -0.25) is 4.98 Å². The molecule has 3 aromatic rings. The fourth-order valence-electron chi connectivity index (χ4n) is 3.31. The zero-order chi connectivity index (χ0) is 18.5. The van der Waals surface area contributed by atoms with Crippen molar-refractivity contribution in [2.75, 3.05) is 10.6 Å². The smallest absolute Gasteiger partial charge is 0.163 e. The van der Waals surface area contributed by atoms with Crippen LogP contribution < -0.4 is 10.6 Å². The number of anilines is 3. The van der Waals surface area contributed by atoms with Crippen LogP contribution >= 0.6 is 0 Å². The van der Waals surface area contributed by atoms with Crippen LogP contribution in [0, 0.1) is 0 Å². The van der Waals surface area contributed by atoms with Crippen molar-refractivity contribution in [2.24, 2.45) is 0 Å².